The van der Waals surface area contributed by atoms with Crippen LogP contribution in [0.2, 0.25) is 0 Å². The summed E-state index contributed by atoms with van der Waals surface area (Å²) >= 11 is 0. The van der Waals surface area contributed by atoms with Crippen molar-refractivity contribution in [2.75, 3.05) is 7.05 Å². The summed E-state index contributed by atoms with van der Waals surface area (Å²) in [7, 11) is 1.85. The van der Waals surface area contributed by atoms with Gasteiger partial charge in [0.1, 0.15) is 6.04 Å². The van der Waals surface area contributed by atoms with Gasteiger partial charge in [-0.25, -0.2) is 0 Å². The molecule has 1 fully saturated rings. The molecule has 1 atom stereocenters. The van der Waals surface area contributed by atoms with Gasteiger partial charge in [-0.05, 0) is 5.41 Å². The molecule has 1 aliphatic heterocycles. The van der Waals surface area contributed by atoms with Crippen LogP contribution in [0.3, 0.4) is 0 Å². The fraction of sp³-hybridized carbons (Fsp3) is 0.857. The normalized spacial score (nSPS) is 26.9. The van der Waals surface area contributed by atoms with Crippen LogP contribution >= 0.6 is 0 Å². The molecule has 52 valence electrons. The quantitative estimate of drug-likeness (QED) is 0.442. The van der Waals surface area contributed by atoms with Crippen LogP contribution in [-0.4, -0.2) is 23.9 Å². The molecule has 2 nitrogen and oxygen atoms in total. The van der Waals surface area contributed by atoms with Crippen molar-refractivity contribution >= 4 is 5.91 Å². The van der Waals surface area contributed by atoms with Gasteiger partial charge in [-0.1, -0.05) is 20.8 Å². The molecule has 0 aromatic rings. The molecule has 9 heavy (non-hydrogen) atoms. The maximum Gasteiger partial charge on any atom is 0.246 e. The SMILES string of the molecule is CN1C(=O)C1C(C)(C)C. The second kappa shape index (κ2) is 1.49. The first-order valence-corrected chi connectivity index (χ1v) is 3.21. The highest BCUT2D eigenvalue weighted by Gasteiger charge is 2.50. The molecule has 2 heteroatoms. The van der Waals surface area contributed by atoms with E-state index in [9.17, 15) is 4.79 Å². The Morgan fingerprint density at radius 3 is 1.78 bits per heavy atom. The average Bonchev–Trinajstić information content (AvgIpc) is 2.11. The first-order chi connectivity index (χ1) is 3.94. The Bertz CT molecular complexity index is 145. The van der Waals surface area contributed by atoms with Gasteiger partial charge in [0.15, 0.2) is 0 Å². The lowest BCUT2D eigenvalue weighted by molar-refractivity contribution is -0.113. The van der Waals surface area contributed by atoms with Crippen molar-refractivity contribution in [2.24, 2.45) is 5.41 Å². The minimum absolute atomic E-state index is 0.131. The highest BCUT2D eigenvalue weighted by atomic mass is 16.2. The Morgan fingerprint density at radius 1 is 1.44 bits per heavy atom. The van der Waals surface area contributed by atoms with Crippen LogP contribution < -0.4 is 0 Å². The van der Waals surface area contributed by atoms with Gasteiger partial charge in [0.05, 0.1) is 0 Å². The first kappa shape index (κ1) is 6.59. The molecule has 0 bridgehead atoms. The lowest BCUT2D eigenvalue weighted by Gasteiger charge is -2.14. The van der Waals surface area contributed by atoms with Crippen molar-refractivity contribution in [3.63, 3.8) is 0 Å². The summed E-state index contributed by atoms with van der Waals surface area (Å²) in [5.41, 5.74) is 0.131. The van der Waals surface area contributed by atoms with Gasteiger partial charge in [0, 0.05) is 7.05 Å². The number of rotatable bonds is 0. The number of nitrogens with zero attached hydrogens (tertiary/aromatic N) is 1. The lowest BCUT2D eigenvalue weighted by atomic mass is 9.92. The van der Waals surface area contributed by atoms with Gasteiger partial charge in [-0.3, -0.25) is 4.79 Å². The summed E-state index contributed by atoms with van der Waals surface area (Å²) in [4.78, 5) is 12.6. The van der Waals surface area contributed by atoms with Gasteiger partial charge in [0.2, 0.25) is 5.91 Å². The highest BCUT2D eigenvalue weighted by Crippen LogP contribution is 2.34. The molecule has 0 aromatic carbocycles. The Labute approximate surface area is 55.8 Å². The molecule has 1 heterocycles. The Hall–Kier alpha value is -0.530. The third-order valence-corrected chi connectivity index (χ3v) is 1.72. The van der Waals surface area contributed by atoms with Crippen LogP contribution in [0.25, 0.3) is 0 Å². The number of likely N-dealkylation sites (N-methyl/N-ethyl adjacent to an activating group) is 1. The predicted octanol–water partition coefficient (Wildman–Crippen LogP) is 0.873. The van der Waals surface area contributed by atoms with Gasteiger partial charge in [-0.2, -0.15) is 0 Å². The molecule has 0 aromatic heterocycles. The van der Waals surface area contributed by atoms with E-state index in [1.807, 2.05) is 7.05 Å². The number of carbonyl (C=O) groups excluding carboxylic acids is 1. The monoisotopic (exact) mass is 127 g/mol. The van der Waals surface area contributed by atoms with Crippen LogP contribution in [-0.2, 0) is 4.79 Å². The lowest BCUT2D eigenvalue weighted by Crippen LogP contribution is -2.17. The molecule has 1 saturated heterocycles. The molecule has 1 amide bonds. The third kappa shape index (κ3) is 0.934. The summed E-state index contributed by atoms with van der Waals surface area (Å²) in [6.45, 7) is 6.25. The second-order valence-electron chi connectivity index (χ2n) is 3.72. The first-order valence-electron chi connectivity index (χ1n) is 3.21. The minimum Gasteiger partial charge on any atom is -0.331 e. The van der Waals surface area contributed by atoms with Gasteiger partial charge < -0.3 is 4.90 Å². The second-order valence-corrected chi connectivity index (χ2v) is 3.72. The topological polar surface area (TPSA) is 20.1 Å². The molecule has 0 N–H and O–H groups in total. The number of amides is 1. The molecular weight excluding hydrogens is 114 g/mol. The fourth-order valence-electron chi connectivity index (χ4n) is 1.22. The van der Waals surface area contributed by atoms with Crippen LogP contribution in [0.15, 0.2) is 0 Å². The van der Waals surface area contributed by atoms with E-state index in [1.165, 1.54) is 0 Å². The Morgan fingerprint density at radius 2 is 1.78 bits per heavy atom. The van der Waals surface area contributed by atoms with E-state index in [-0.39, 0.29) is 17.4 Å². The number of hydrogen-bond acceptors (Lipinski definition) is 1. The van der Waals surface area contributed by atoms with Gasteiger partial charge in [-0.15, -0.1) is 0 Å². The van der Waals surface area contributed by atoms with Gasteiger partial charge >= 0.3 is 0 Å². The van der Waals surface area contributed by atoms with Crippen molar-refractivity contribution in [3.05, 3.63) is 0 Å². The van der Waals surface area contributed by atoms with E-state index in [4.69, 9.17) is 0 Å². The van der Waals surface area contributed by atoms with Gasteiger partial charge in [0.25, 0.3) is 0 Å². The number of carbonyl (C=O) groups is 1. The molecule has 0 saturated carbocycles. The largest absolute Gasteiger partial charge is 0.331 e. The average molecular weight is 127 g/mol. The standard InChI is InChI=1S/C7H13NO/c1-7(2,3)5-6(9)8(5)4/h5H,1-4H3. The third-order valence-electron chi connectivity index (χ3n) is 1.72. The van der Waals surface area contributed by atoms with Crippen molar-refractivity contribution in [1.82, 2.24) is 4.90 Å². The Balaban J connectivity index is 2.60. The van der Waals surface area contributed by atoms with E-state index in [0.29, 0.717) is 0 Å². The minimum atomic E-state index is 0.131. The maximum atomic E-state index is 10.8. The number of hydrogen-bond donors (Lipinski definition) is 0. The van der Waals surface area contributed by atoms with Crippen LogP contribution in [0.5, 0.6) is 0 Å². The Kier molecular flexibility index (Phi) is 1.09. The van der Waals surface area contributed by atoms with E-state index in [0.717, 1.165) is 0 Å². The molecule has 0 spiro atoms. The van der Waals surface area contributed by atoms with Crippen LogP contribution in [0.1, 0.15) is 20.8 Å². The summed E-state index contributed by atoms with van der Waals surface area (Å²) in [5.74, 6) is 0.280. The van der Waals surface area contributed by atoms with E-state index >= 15 is 0 Å². The molecular formula is C7H13NO. The zero-order valence-electron chi connectivity index (χ0n) is 6.43. The molecule has 1 unspecified atom stereocenters. The van der Waals surface area contributed by atoms with Crippen molar-refractivity contribution in [2.45, 2.75) is 26.8 Å². The fourth-order valence-corrected chi connectivity index (χ4v) is 1.22. The molecule has 1 rings (SSSR count). The maximum absolute atomic E-state index is 10.8. The molecule has 1 aliphatic rings. The predicted molar refractivity (Wildman–Crippen MR) is 36.0 cm³/mol. The summed E-state index contributed by atoms with van der Waals surface area (Å²) in [6, 6.07) is 0.178. The zero-order chi connectivity index (χ0) is 7.23. The van der Waals surface area contributed by atoms with E-state index < -0.39 is 0 Å². The van der Waals surface area contributed by atoms with Crippen LogP contribution in [0, 0.1) is 5.41 Å². The highest BCUT2D eigenvalue weighted by molar-refractivity contribution is 5.97. The van der Waals surface area contributed by atoms with Crippen molar-refractivity contribution in [3.8, 4) is 0 Å². The molecule has 0 radical (unpaired) electrons. The van der Waals surface area contributed by atoms with E-state index in [1.54, 1.807) is 4.90 Å². The van der Waals surface area contributed by atoms with E-state index in [2.05, 4.69) is 20.8 Å². The summed E-state index contributed by atoms with van der Waals surface area (Å²) in [5, 5.41) is 0. The summed E-state index contributed by atoms with van der Waals surface area (Å²) < 4.78 is 0. The van der Waals surface area contributed by atoms with Crippen molar-refractivity contribution in [1.29, 1.82) is 0 Å². The summed E-state index contributed by atoms with van der Waals surface area (Å²) in [6.07, 6.45) is 0. The molecule has 0 aliphatic carbocycles. The van der Waals surface area contributed by atoms with Crippen LogP contribution in [0.4, 0.5) is 0 Å². The zero-order valence-corrected chi connectivity index (χ0v) is 6.43. The van der Waals surface area contributed by atoms with Crippen molar-refractivity contribution < 1.29 is 4.79 Å². The smallest absolute Gasteiger partial charge is 0.246 e.